The molecule has 0 unspecified atom stereocenters. The number of hydrogen-bond donors (Lipinski definition) is 1. The molecule has 0 spiro atoms. The Kier molecular flexibility index (Phi) is 7.25. The maximum Gasteiger partial charge on any atom is 0.223 e. The lowest BCUT2D eigenvalue weighted by Gasteiger charge is -2.21. The van der Waals surface area contributed by atoms with E-state index >= 15 is 0 Å². The van der Waals surface area contributed by atoms with Crippen molar-refractivity contribution in [2.75, 3.05) is 26.7 Å². The maximum atomic E-state index is 12.0. The predicted molar refractivity (Wildman–Crippen MR) is 83.3 cm³/mol. The molecule has 2 N–H and O–H groups in total. The van der Waals surface area contributed by atoms with Crippen LogP contribution in [0.3, 0.4) is 0 Å². The summed E-state index contributed by atoms with van der Waals surface area (Å²) in [5.74, 6) is 1.03. The third kappa shape index (κ3) is 6.16. The molecule has 1 aromatic rings. The van der Waals surface area contributed by atoms with E-state index in [2.05, 4.69) is 11.8 Å². The van der Waals surface area contributed by atoms with E-state index in [0.717, 1.165) is 18.8 Å². The Balaban J connectivity index is 2.32. The molecule has 5 nitrogen and oxygen atoms in total. The van der Waals surface area contributed by atoms with E-state index in [9.17, 15) is 4.79 Å². The molecule has 0 bridgehead atoms. The van der Waals surface area contributed by atoms with Crippen molar-refractivity contribution in [3.8, 4) is 0 Å². The number of nitrogens with zero attached hydrogens (tertiary/aromatic N) is 2. The van der Waals surface area contributed by atoms with Crippen LogP contribution in [-0.2, 0) is 11.3 Å². The van der Waals surface area contributed by atoms with Gasteiger partial charge in [-0.15, -0.1) is 0 Å². The Labute approximate surface area is 125 Å². The van der Waals surface area contributed by atoms with Crippen LogP contribution in [0.2, 0.25) is 0 Å². The smallest absolute Gasteiger partial charge is 0.223 e. The summed E-state index contributed by atoms with van der Waals surface area (Å²) >= 11 is 4.81. The van der Waals surface area contributed by atoms with Crippen LogP contribution in [0.4, 0.5) is 0 Å². The van der Waals surface area contributed by atoms with Gasteiger partial charge in [0.15, 0.2) is 0 Å². The third-order valence-corrected chi connectivity index (χ3v) is 3.37. The van der Waals surface area contributed by atoms with E-state index < -0.39 is 0 Å². The average Bonchev–Trinajstić information content (AvgIpc) is 2.93. The Bertz CT molecular complexity index is 420. The van der Waals surface area contributed by atoms with Crippen LogP contribution < -0.4 is 5.73 Å². The third-order valence-electron chi connectivity index (χ3n) is 3.17. The minimum atomic E-state index is 0.110. The van der Waals surface area contributed by atoms with Crippen LogP contribution >= 0.6 is 12.2 Å². The molecule has 1 heterocycles. The van der Waals surface area contributed by atoms with Crippen LogP contribution in [-0.4, -0.2) is 47.4 Å². The van der Waals surface area contributed by atoms with Crippen molar-refractivity contribution >= 4 is 23.1 Å². The summed E-state index contributed by atoms with van der Waals surface area (Å²) in [5, 5.41) is 0. The van der Waals surface area contributed by atoms with Crippen LogP contribution in [0.5, 0.6) is 0 Å². The van der Waals surface area contributed by atoms with Gasteiger partial charge in [-0.3, -0.25) is 9.69 Å². The van der Waals surface area contributed by atoms with Crippen LogP contribution in [0, 0.1) is 0 Å². The molecule has 1 aromatic heterocycles. The zero-order chi connectivity index (χ0) is 15.0. The summed E-state index contributed by atoms with van der Waals surface area (Å²) in [6.45, 7) is 4.98. The van der Waals surface area contributed by atoms with E-state index in [1.54, 1.807) is 18.2 Å². The molecule has 0 aliphatic rings. The molecule has 0 radical (unpaired) electrons. The number of amides is 1. The molecule has 112 valence electrons. The van der Waals surface area contributed by atoms with Crippen molar-refractivity contribution in [2.45, 2.75) is 26.3 Å². The van der Waals surface area contributed by atoms with Gasteiger partial charge in [0.1, 0.15) is 5.76 Å². The first-order chi connectivity index (χ1) is 9.52. The monoisotopic (exact) mass is 297 g/mol. The number of rotatable bonds is 9. The van der Waals surface area contributed by atoms with Gasteiger partial charge in [-0.05, 0) is 18.7 Å². The summed E-state index contributed by atoms with van der Waals surface area (Å²) in [4.78, 5) is 16.3. The van der Waals surface area contributed by atoms with Crippen molar-refractivity contribution in [1.29, 1.82) is 0 Å². The van der Waals surface area contributed by atoms with Crippen molar-refractivity contribution in [2.24, 2.45) is 5.73 Å². The van der Waals surface area contributed by atoms with Gasteiger partial charge in [-0.2, -0.15) is 0 Å². The van der Waals surface area contributed by atoms with Crippen LogP contribution in [0.25, 0.3) is 0 Å². The van der Waals surface area contributed by atoms with E-state index in [-0.39, 0.29) is 5.91 Å². The fourth-order valence-corrected chi connectivity index (χ4v) is 1.91. The van der Waals surface area contributed by atoms with Gasteiger partial charge in [0, 0.05) is 33.0 Å². The molecule has 0 atom stereocenters. The molecule has 0 aliphatic heterocycles. The lowest BCUT2D eigenvalue weighted by Crippen LogP contribution is -2.33. The second kappa shape index (κ2) is 8.71. The van der Waals surface area contributed by atoms with E-state index in [1.807, 2.05) is 12.1 Å². The number of hydrogen-bond acceptors (Lipinski definition) is 4. The number of carbonyl (C=O) groups excluding carboxylic acids is 1. The zero-order valence-corrected chi connectivity index (χ0v) is 13.0. The minimum Gasteiger partial charge on any atom is -0.468 e. The maximum absolute atomic E-state index is 12.0. The summed E-state index contributed by atoms with van der Waals surface area (Å²) in [6.07, 6.45) is 2.72. The SMILES string of the molecule is CCN(CCC(=O)N(C)CCC(N)=S)Cc1ccco1. The summed E-state index contributed by atoms with van der Waals surface area (Å²) < 4.78 is 5.32. The van der Waals surface area contributed by atoms with Crippen molar-refractivity contribution < 1.29 is 9.21 Å². The van der Waals surface area contributed by atoms with Gasteiger partial charge in [0.2, 0.25) is 5.91 Å². The Morgan fingerprint density at radius 2 is 2.15 bits per heavy atom. The van der Waals surface area contributed by atoms with Gasteiger partial charge in [0.05, 0.1) is 17.8 Å². The summed E-state index contributed by atoms with van der Waals surface area (Å²) in [6, 6.07) is 3.82. The molecule has 0 saturated heterocycles. The first kappa shape index (κ1) is 16.7. The highest BCUT2D eigenvalue weighted by molar-refractivity contribution is 7.80. The van der Waals surface area contributed by atoms with Gasteiger partial charge >= 0.3 is 0 Å². The molecule has 6 heteroatoms. The number of thiocarbonyl (C=S) groups is 1. The molecular formula is C14H23N3O2S. The number of carbonyl (C=O) groups is 1. The van der Waals surface area contributed by atoms with Gasteiger partial charge in [-0.25, -0.2) is 0 Å². The highest BCUT2D eigenvalue weighted by Crippen LogP contribution is 2.06. The van der Waals surface area contributed by atoms with E-state index in [1.165, 1.54) is 0 Å². The first-order valence-electron chi connectivity index (χ1n) is 6.80. The summed E-state index contributed by atoms with van der Waals surface area (Å²) in [7, 11) is 1.78. The molecule has 0 aromatic carbocycles. The Morgan fingerprint density at radius 3 is 2.70 bits per heavy atom. The lowest BCUT2D eigenvalue weighted by molar-refractivity contribution is -0.130. The van der Waals surface area contributed by atoms with Crippen LogP contribution in [0.15, 0.2) is 22.8 Å². The normalized spacial score (nSPS) is 10.8. The van der Waals surface area contributed by atoms with Crippen molar-refractivity contribution in [1.82, 2.24) is 9.80 Å². The van der Waals surface area contributed by atoms with Gasteiger partial charge in [-0.1, -0.05) is 19.1 Å². The zero-order valence-electron chi connectivity index (χ0n) is 12.2. The number of furan rings is 1. The van der Waals surface area contributed by atoms with Crippen LogP contribution in [0.1, 0.15) is 25.5 Å². The average molecular weight is 297 g/mol. The minimum absolute atomic E-state index is 0.110. The van der Waals surface area contributed by atoms with E-state index in [0.29, 0.717) is 30.9 Å². The molecule has 1 rings (SSSR count). The molecule has 0 saturated carbocycles. The Hall–Kier alpha value is -1.40. The molecule has 0 aliphatic carbocycles. The van der Waals surface area contributed by atoms with Gasteiger partial charge < -0.3 is 15.1 Å². The second-order valence-electron chi connectivity index (χ2n) is 4.73. The molecule has 0 fully saturated rings. The lowest BCUT2D eigenvalue weighted by atomic mass is 10.3. The molecular weight excluding hydrogens is 274 g/mol. The summed E-state index contributed by atoms with van der Waals surface area (Å²) in [5.41, 5.74) is 5.44. The fraction of sp³-hybridized carbons (Fsp3) is 0.571. The highest BCUT2D eigenvalue weighted by atomic mass is 32.1. The van der Waals surface area contributed by atoms with Crippen molar-refractivity contribution in [3.63, 3.8) is 0 Å². The quantitative estimate of drug-likeness (QED) is 0.702. The fourth-order valence-electron chi connectivity index (χ4n) is 1.82. The van der Waals surface area contributed by atoms with E-state index in [4.69, 9.17) is 22.4 Å². The van der Waals surface area contributed by atoms with Gasteiger partial charge in [0.25, 0.3) is 0 Å². The second-order valence-corrected chi connectivity index (χ2v) is 5.25. The first-order valence-corrected chi connectivity index (χ1v) is 7.20. The molecule has 20 heavy (non-hydrogen) atoms. The molecule has 1 amide bonds. The highest BCUT2D eigenvalue weighted by Gasteiger charge is 2.12. The Morgan fingerprint density at radius 1 is 1.40 bits per heavy atom. The standard InChI is InChI=1S/C14H23N3O2S/c1-3-17(11-12-5-4-10-19-12)9-7-14(18)16(2)8-6-13(15)20/h4-5,10H,3,6-9,11H2,1-2H3,(H2,15,20). The largest absolute Gasteiger partial charge is 0.468 e. The van der Waals surface area contributed by atoms with Crippen molar-refractivity contribution in [3.05, 3.63) is 24.2 Å². The number of nitrogens with two attached hydrogens (primary N) is 1. The predicted octanol–water partition coefficient (Wildman–Crippen LogP) is 1.63. The topological polar surface area (TPSA) is 62.7 Å².